The number of thiophene rings is 3. The van der Waals surface area contributed by atoms with Crippen LogP contribution < -0.4 is 0 Å². The third kappa shape index (κ3) is 3.34. The summed E-state index contributed by atoms with van der Waals surface area (Å²) in [6.45, 7) is 0. The van der Waals surface area contributed by atoms with Crippen LogP contribution in [0.15, 0.2) is 121 Å². The van der Waals surface area contributed by atoms with Gasteiger partial charge in [0.2, 0.25) is 0 Å². The van der Waals surface area contributed by atoms with Crippen molar-refractivity contribution in [3.63, 3.8) is 0 Å². The van der Waals surface area contributed by atoms with Crippen molar-refractivity contribution >= 4 is 112 Å². The molecule has 0 spiro atoms. The van der Waals surface area contributed by atoms with Gasteiger partial charge in [0.1, 0.15) is 0 Å². The maximum absolute atomic E-state index is 2.59. The van der Waals surface area contributed by atoms with Crippen molar-refractivity contribution < 1.29 is 0 Å². The second kappa shape index (κ2) is 9.40. The predicted molar refractivity (Wildman–Crippen MR) is 205 cm³/mol. The molecule has 0 aliphatic heterocycles. The molecule has 6 aromatic carbocycles. The smallest absolute Gasteiger partial charge is 0.0631 e. The average molecular weight is 640 g/mol. The molecule has 4 heteroatoms. The molecular formula is C42H25NS3. The number of hydrogen-bond donors (Lipinski definition) is 0. The Hall–Kier alpha value is -4.74. The predicted octanol–water partition coefficient (Wildman–Crippen LogP) is 13.4. The third-order valence-corrected chi connectivity index (χ3v) is 13.5. The molecule has 0 bridgehead atoms. The van der Waals surface area contributed by atoms with E-state index in [1.54, 1.807) is 0 Å². The summed E-state index contributed by atoms with van der Waals surface area (Å²) in [4.78, 5) is 1.42. The fraction of sp³-hybridized carbons (Fsp3) is 0.0476. The van der Waals surface area contributed by atoms with Crippen molar-refractivity contribution in [3.8, 4) is 16.8 Å². The molecule has 1 aliphatic rings. The van der Waals surface area contributed by atoms with Crippen LogP contribution in [-0.2, 0) is 6.42 Å². The summed E-state index contributed by atoms with van der Waals surface area (Å²) >= 11 is 5.79. The number of aryl methyl sites for hydroxylation is 1. The fourth-order valence-electron chi connectivity index (χ4n) is 7.96. The molecule has 11 rings (SSSR count). The number of rotatable bonds is 2. The van der Waals surface area contributed by atoms with Crippen molar-refractivity contribution in [1.82, 2.24) is 4.57 Å². The van der Waals surface area contributed by atoms with E-state index in [0.717, 1.165) is 12.8 Å². The van der Waals surface area contributed by atoms with Crippen LogP contribution in [0.5, 0.6) is 0 Å². The summed E-state index contributed by atoms with van der Waals surface area (Å²) in [6.07, 6.45) is 6.88. The van der Waals surface area contributed by atoms with Gasteiger partial charge in [-0.25, -0.2) is 0 Å². The minimum absolute atomic E-state index is 1.10. The zero-order valence-electron chi connectivity index (χ0n) is 24.7. The number of allylic oxidation sites excluding steroid dienone is 1. The maximum Gasteiger partial charge on any atom is 0.0631 e. The molecule has 4 aromatic heterocycles. The highest BCUT2D eigenvalue weighted by molar-refractivity contribution is 7.27. The Morgan fingerprint density at radius 3 is 2.11 bits per heavy atom. The van der Waals surface area contributed by atoms with Crippen molar-refractivity contribution in [2.75, 3.05) is 0 Å². The summed E-state index contributed by atoms with van der Waals surface area (Å²) in [6, 6.07) is 43.2. The number of para-hydroxylation sites is 1. The molecule has 46 heavy (non-hydrogen) atoms. The molecule has 0 radical (unpaired) electrons. The average Bonchev–Trinajstić information content (AvgIpc) is 3.86. The zero-order valence-corrected chi connectivity index (χ0v) is 27.2. The lowest BCUT2D eigenvalue weighted by Crippen LogP contribution is -1.96. The van der Waals surface area contributed by atoms with Gasteiger partial charge in [-0.1, -0.05) is 91.0 Å². The van der Waals surface area contributed by atoms with Crippen LogP contribution in [0.2, 0.25) is 0 Å². The lowest BCUT2D eigenvalue weighted by Gasteiger charge is -2.13. The van der Waals surface area contributed by atoms with E-state index in [4.69, 9.17) is 0 Å². The molecule has 0 atom stereocenters. The lowest BCUT2D eigenvalue weighted by molar-refractivity contribution is 1.01. The first-order valence-electron chi connectivity index (χ1n) is 15.8. The topological polar surface area (TPSA) is 4.93 Å². The first-order chi connectivity index (χ1) is 22.8. The Bertz CT molecular complexity index is 2920. The van der Waals surface area contributed by atoms with Crippen molar-refractivity contribution in [3.05, 3.63) is 132 Å². The highest BCUT2D eigenvalue weighted by Gasteiger charge is 2.23. The molecule has 0 amide bonds. The quantitative estimate of drug-likeness (QED) is 0.177. The Balaban J connectivity index is 1.26. The van der Waals surface area contributed by atoms with E-state index in [0.29, 0.717) is 0 Å². The minimum Gasteiger partial charge on any atom is -0.308 e. The van der Waals surface area contributed by atoms with Crippen LogP contribution in [0.3, 0.4) is 0 Å². The molecule has 0 unspecified atom stereocenters. The van der Waals surface area contributed by atoms with E-state index in [1.165, 1.54) is 99.5 Å². The van der Waals surface area contributed by atoms with E-state index < -0.39 is 0 Å². The van der Waals surface area contributed by atoms with Gasteiger partial charge in [-0.2, -0.15) is 0 Å². The van der Waals surface area contributed by atoms with Crippen LogP contribution in [0, 0.1) is 0 Å². The molecule has 4 heterocycles. The normalized spacial score (nSPS) is 13.4. The molecule has 1 nitrogen and oxygen atoms in total. The molecule has 0 saturated carbocycles. The van der Waals surface area contributed by atoms with Gasteiger partial charge < -0.3 is 4.57 Å². The monoisotopic (exact) mass is 639 g/mol. The van der Waals surface area contributed by atoms with Gasteiger partial charge in [0, 0.05) is 77.2 Å². The van der Waals surface area contributed by atoms with Gasteiger partial charge in [-0.15, -0.1) is 34.0 Å². The maximum atomic E-state index is 2.59. The van der Waals surface area contributed by atoms with Gasteiger partial charge in [-0.05, 0) is 54.8 Å². The number of hydrogen-bond acceptors (Lipinski definition) is 3. The number of benzene rings is 6. The molecule has 1 aliphatic carbocycles. The molecule has 0 N–H and O–H groups in total. The Morgan fingerprint density at radius 2 is 1.20 bits per heavy atom. The molecule has 0 fully saturated rings. The van der Waals surface area contributed by atoms with E-state index in [-0.39, 0.29) is 0 Å². The van der Waals surface area contributed by atoms with E-state index >= 15 is 0 Å². The van der Waals surface area contributed by atoms with Gasteiger partial charge in [-0.3, -0.25) is 0 Å². The number of aromatic nitrogens is 1. The third-order valence-electron chi connectivity index (χ3n) is 9.88. The van der Waals surface area contributed by atoms with Crippen LogP contribution in [0.4, 0.5) is 0 Å². The zero-order chi connectivity index (χ0) is 29.9. The summed E-state index contributed by atoms with van der Waals surface area (Å²) in [5, 5.41) is 9.47. The van der Waals surface area contributed by atoms with Crippen molar-refractivity contribution in [1.29, 1.82) is 0 Å². The summed E-state index contributed by atoms with van der Waals surface area (Å²) in [5.74, 6) is 0. The fourth-order valence-corrected chi connectivity index (χ4v) is 11.6. The summed E-state index contributed by atoms with van der Waals surface area (Å²) in [7, 11) is 0. The highest BCUT2D eigenvalue weighted by atomic mass is 32.1. The Morgan fingerprint density at radius 1 is 0.500 bits per heavy atom. The van der Waals surface area contributed by atoms with E-state index in [9.17, 15) is 0 Å². The van der Waals surface area contributed by atoms with Gasteiger partial charge in [0.05, 0.1) is 16.7 Å². The van der Waals surface area contributed by atoms with Gasteiger partial charge in [0.15, 0.2) is 0 Å². The van der Waals surface area contributed by atoms with E-state index in [2.05, 4.69) is 132 Å². The number of fused-ring (bicyclic) bond motifs is 13. The molecule has 216 valence electrons. The first kappa shape index (κ1) is 25.5. The largest absolute Gasteiger partial charge is 0.308 e. The Labute approximate surface area is 276 Å². The SMILES string of the molecule is C1=Cc2sc3ccc4c5ccccc5n(-c5cccc6sc7c(-c8cccc9c8sc8ccccc89)cccc7c56)c4c3c2CC1. The van der Waals surface area contributed by atoms with Gasteiger partial charge in [0.25, 0.3) is 0 Å². The van der Waals surface area contributed by atoms with E-state index in [1.807, 2.05) is 34.0 Å². The van der Waals surface area contributed by atoms with Crippen molar-refractivity contribution in [2.24, 2.45) is 0 Å². The molecule has 10 aromatic rings. The molecular weight excluding hydrogens is 615 g/mol. The molecule has 0 saturated heterocycles. The minimum atomic E-state index is 1.10. The van der Waals surface area contributed by atoms with Crippen LogP contribution in [0.25, 0.3) is 95.1 Å². The summed E-state index contributed by atoms with van der Waals surface area (Å²) < 4.78 is 9.38. The lowest BCUT2D eigenvalue weighted by atomic mass is 9.99. The second-order valence-corrected chi connectivity index (χ2v) is 15.5. The van der Waals surface area contributed by atoms with Gasteiger partial charge >= 0.3 is 0 Å². The number of nitrogens with zero attached hydrogens (tertiary/aromatic N) is 1. The first-order valence-corrected chi connectivity index (χ1v) is 18.3. The highest BCUT2D eigenvalue weighted by Crippen LogP contribution is 2.49. The Kier molecular flexibility index (Phi) is 5.20. The van der Waals surface area contributed by atoms with Crippen LogP contribution >= 0.6 is 34.0 Å². The van der Waals surface area contributed by atoms with Crippen molar-refractivity contribution in [2.45, 2.75) is 12.8 Å². The van der Waals surface area contributed by atoms with Crippen LogP contribution in [0.1, 0.15) is 16.9 Å². The second-order valence-electron chi connectivity index (χ2n) is 12.3. The standard InChI is InChI=1S/C42H25NS3/c1-4-17-32-24(10-1)26-22-23-37-39(30-12-3-6-20-35(30)44-37)40(26)43(32)33-18-9-21-36-38(33)31-16-8-15-29(42(31)46-36)28-14-7-13-27-25-11-2-5-19-34(25)45-41(27)28/h1-2,4-11,13-23H,3,12H2. The summed E-state index contributed by atoms with van der Waals surface area (Å²) in [5.41, 5.74) is 8.06. The van der Waals surface area contributed by atoms with Crippen LogP contribution in [-0.4, -0.2) is 4.57 Å².